The van der Waals surface area contributed by atoms with E-state index in [0.717, 1.165) is 45.2 Å². The maximum absolute atomic E-state index is 12.0. The van der Waals surface area contributed by atoms with Gasteiger partial charge in [-0.25, -0.2) is 0 Å². The summed E-state index contributed by atoms with van der Waals surface area (Å²) in [5, 5.41) is 6.48. The summed E-state index contributed by atoms with van der Waals surface area (Å²) in [6.07, 6.45) is 0.499. The first-order chi connectivity index (χ1) is 11.0. The second-order valence-corrected chi connectivity index (χ2v) is 5.73. The Bertz CT molecular complexity index is 346. The number of nitrogens with one attached hydrogen (secondary N) is 2. The minimum Gasteiger partial charge on any atom is -0.357 e. The van der Waals surface area contributed by atoms with Crippen molar-refractivity contribution in [2.45, 2.75) is 54.0 Å². The first-order valence-electron chi connectivity index (χ1n) is 9.03. The number of halogens is 1. The molecule has 7 heteroatoms. The number of nitrogens with zero attached hydrogens (tertiary/aromatic N) is 3. The van der Waals surface area contributed by atoms with E-state index >= 15 is 0 Å². The van der Waals surface area contributed by atoms with Crippen molar-refractivity contribution in [3.63, 3.8) is 0 Å². The van der Waals surface area contributed by atoms with Gasteiger partial charge in [-0.15, -0.1) is 24.0 Å². The Labute approximate surface area is 165 Å². The number of aliphatic imine (C=N–C) groups is 1. The molecular formula is C17H38IN5O. The van der Waals surface area contributed by atoms with Crippen LogP contribution in [0.15, 0.2) is 4.99 Å². The smallest absolute Gasteiger partial charge is 0.224 e. The predicted octanol–water partition coefficient (Wildman–Crippen LogP) is 2.15. The Morgan fingerprint density at radius 3 is 2.12 bits per heavy atom. The largest absolute Gasteiger partial charge is 0.357 e. The molecule has 0 aliphatic carbocycles. The molecule has 0 fully saturated rings. The molecule has 0 aliphatic rings. The number of hydrogen-bond donors (Lipinski definition) is 2. The van der Waals surface area contributed by atoms with Crippen LogP contribution in [0.4, 0.5) is 0 Å². The van der Waals surface area contributed by atoms with Crippen LogP contribution >= 0.6 is 24.0 Å². The number of amides is 1. The van der Waals surface area contributed by atoms with Crippen LogP contribution in [0.25, 0.3) is 0 Å². The lowest BCUT2D eigenvalue weighted by Gasteiger charge is -2.24. The molecule has 0 atom stereocenters. The standard InChI is InChI=1S/C17H37N5O.HI/c1-7-18-17(20-13-14-22(10-4)15(5)6)19-12-11-16(23)21(8-2)9-3;/h15H,7-14H2,1-6H3,(H2,18,19,20);1H. The van der Waals surface area contributed by atoms with Crippen molar-refractivity contribution < 1.29 is 4.79 Å². The first kappa shape index (κ1) is 25.7. The van der Waals surface area contributed by atoms with Crippen molar-refractivity contribution in [2.24, 2.45) is 4.99 Å². The monoisotopic (exact) mass is 455 g/mol. The van der Waals surface area contributed by atoms with E-state index < -0.39 is 0 Å². The Kier molecular flexibility index (Phi) is 17.0. The molecule has 0 saturated carbocycles. The summed E-state index contributed by atoms with van der Waals surface area (Å²) in [5.74, 6) is 0.981. The highest BCUT2D eigenvalue weighted by Crippen LogP contribution is 1.96. The molecule has 0 heterocycles. The SMILES string of the molecule is CCNC(=NCCN(CC)C(C)C)NCCC(=O)N(CC)CC.I. The van der Waals surface area contributed by atoms with Crippen molar-refractivity contribution in [1.82, 2.24) is 20.4 Å². The van der Waals surface area contributed by atoms with E-state index in [-0.39, 0.29) is 29.9 Å². The molecule has 6 nitrogen and oxygen atoms in total. The molecule has 0 saturated heterocycles. The minimum absolute atomic E-state index is 0. The average Bonchev–Trinajstić information content (AvgIpc) is 2.52. The number of rotatable bonds is 11. The van der Waals surface area contributed by atoms with Gasteiger partial charge in [0.25, 0.3) is 0 Å². The van der Waals surface area contributed by atoms with Crippen LogP contribution in [0, 0.1) is 0 Å². The molecule has 0 spiro atoms. The summed E-state index contributed by atoms with van der Waals surface area (Å²) in [7, 11) is 0. The molecule has 0 bridgehead atoms. The molecule has 1 amide bonds. The predicted molar refractivity (Wildman–Crippen MR) is 114 cm³/mol. The number of likely N-dealkylation sites (N-methyl/N-ethyl adjacent to an activating group) is 1. The van der Waals surface area contributed by atoms with Crippen LogP contribution in [0.2, 0.25) is 0 Å². The zero-order chi connectivity index (χ0) is 17.7. The maximum Gasteiger partial charge on any atom is 0.224 e. The number of carbonyl (C=O) groups is 1. The van der Waals surface area contributed by atoms with Crippen molar-refractivity contribution in [1.29, 1.82) is 0 Å². The zero-order valence-corrected chi connectivity index (χ0v) is 18.7. The summed E-state index contributed by atoms with van der Waals surface area (Å²) in [6.45, 7) is 18.4. The Morgan fingerprint density at radius 1 is 1.04 bits per heavy atom. The molecule has 0 aliphatic heterocycles. The molecule has 144 valence electrons. The molecule has 24 heavy (non-hydrogen) atoms. The first-order valence-corrected chi connectivity index (χ1v) is 9.03. The van der Waals surface area contributed by atoms with E-state index in [1.165, 1.54) is 0 Å². The highest BCUT2D eigenvalue weighted by molar-refractivity contribution is 14.0. The van der Waals surface area contributed by atoms with Crippen LogP contribution in [0.3, 0.4) is 0 Å². The molecule has 0 rings (SSSR count). The van der Waals surface area contributed by atoms with Gasteiger partial charge in [0.15, 0.2) is 5.96 Å². The summed E-state index contributed by atoms with van der Waals surface area (Å²) in [5.41, 5.74) is 0. The van der Waals surface area contributed by atoms with Crippen LogP contribution in [0.1, 0.15) is 48.0 Å². The third kappa shape index (κ3) is 11.1. The van der Waals surface area contributed by atoms with Gasteiger partial charge in [0, 0.05) is 45.2 Å². The Morgan fingerprint density at radius 2 is 1.67 bits per heavy atom. The highest BCUT2D eigenvalue weighted by Gasteiger charge is 2.09. The minimum atomic E-state index is 0. The van der Waals surface area contributed by atoms with Gasteiger partial charge in [0.1, 0.15) is 0 Å². The van der Waals surface area contributed by atoms with Gasteiger partial charge in [0.2, 0.25) is 5.91 Å². The molecule has 0 radical (unpaired) electrons. The van der Waals surface area contributed by atoms with Gasteiger partial charge >= 0.3 is 0 Å². The third-order valence-electron chi connectivity index (χ3n) is 3.89. The van der Waals surface area contributed by atoms with Gasteiger partial charge in [-0.3, -0.25) is 14.7 Å². The molecular weight excluding hydrogens is 417 g/mol. The topological polar surface area (TPSA) is 60.0 Å². The maximum atomic E-state index is 12.0. The second-order valence-electron chi connectivity index (χ2n) is 5.73. The molecule has 2 N–H and O–H groups in total. The van der Waals surface area contributed by atoms with E-state index in [1.807, 2.05) is 25.7 Å². The summed E-state index contributed by atoms with van der Waals surface area (Å²) < 4.78 is 0. The Hall–Kier alpha value is -0.570. The lowest BCUT2D eigenvalue weighted by molar-refractivity contribution is -0.130. The van der Waals surface area contributed by atoms with Gasteiger partial charge < -0.3 is 15.5 Å². The van der Waals surface area contributed by atoms with Gasteiger partial charge in [-0.05, 0) is 41.2 Å². The normalized spacial score (nSPS) is 11.4. The van der Waals surface area contributed by atoms with Crippen LogP contribution in [0.5, 0.6) is 0 Å². The number of guanidine groups is 1. The fraction of sp³-hybridized carbons (Fsp3) is 0.882. The van der Waals surface area contributed by atoms with E-state index in [1.54, 1.807) is 0 Å². The lowest BCUT2D eigenvalue weighted by Crippen LogP contribution is -2.41. The van der Waals surface area contributed by atoms with Crippen molar-refractivity contribution in [3.8, 4) is 0 Å². The summed E-state index contributed by atoms with van der Waals surface area (Å²) in [4.78, 5) is 20.8. The van der Waals surface area contributed by atoms with Crippen molar-refractivity contribution in [2.75, 3.05) is 45.8 Å². The van der Waals surface area contributed by atoms with Crippen LogP contribution < -0.4 is 10.6 Å². The average molecular weight is 455 g/mol. The van der Waals surface area contributed by atoms with E-state index in [0.29, 0.717) is 19.0 Å². The fourth-order valence-electron chi connectivity index (χ4n) is 2.44. The third-order valence-corrected chi connectivity index (χ3v) is 3.89. The van der Waals surface area contributed by atoms with Crippen LogP contribution in [-0.4, -0.2) is 73.5 Å². The number of hydrogen-bond acceptors (Lipinski definition) is 3. The van der Waals surface area contributed by atoms with E-state index in [4.69, 9.17) is 0 Å². The van der Waals surface area contributed by atoms with E-state index in [2.05, 4.69) is 41.3 Å². The lowest BCUT2D eigenvalue weighted by atomic mass is 10.3. The van der Waals surface area contributed by atoms with Gasteiger partial charge in [-0.2, -0.15) is 0 Å². The molecule has 0 aromatic carbocycles. The van der Waals surface area contributed by atoms with Crippen molar-refractivity contribution in [3.05, 3.63) is 0 Å². The fourth-order valence-corrected chi connectivity index (χ4v) is 2.44. The quantitative estimate of drug-likeness (QED) is 0.285. The van der Waals surface area contributed by atoms with Gasteiger partial charge in [-0.1, -0.05) is 6.92 Å². The number of carbonyl (C=O) groups excluding carboxylic acids is 1. The van der Waals surface area contributed by atoms with E-state index in [9.17, 15) is 4.79 Å². The highest BCUT2D eigenvalue weighted by atomic mass is 127. The zero-order valence-electron chi connectivity index (χ0n) is 16.4. The summed E-state index contributed by atoms with van der Waals surface area (Å²) >= 11 is 0. The Balaban J connectivity index is 0. The van der Waals surface area contributed by atoms with Gasteiger partial charge in [0.05, 0.1) is 6.54 Å². The molecule has 0 unspecified atom stereocenters. The molecule has 0 aromatic heterocycles. The van der Waals surface area contributed by atoms with Crippen LogP contribution in [-0.2, 0) is 4.79 Å². The summed E-state index contributed by atoms with van der Waals surface area (Å²) in [6, 6.07) is 0.539. The second kappa shape index (κ2) is 15.9. The molecule has 0 aromatic rings. The van der Waals surface area contributed by atoms with Crippen molar-refractivity contribution >= 4 is 35.8 Å².